The van der Waals surface area contributed by atoms with Gasteiger partial charge in [0.05, 0.1) is 11.8 Å². The Morgan fingerprint density at radius 1 is 0.962 bits per heavy atom. The van der Waals surface area contributed by atoms with Gasteiger partial charge in [-0.25, -0.2) is 4.39 Å². The first-order valence-electron chi connectivity index (χ1n) is 10.4. The molecule has 1 aromatic carbocycles. The summed E-state index contributed by atoms with van der Waals surface area (Å²) < 4.78 is 21.3. The Kier molecular flexibility index (Phi) is 4.06. The van der Waals surface area contributed by atoms with E-state index in [9.17, 15) is 4.39 Å². The molecule has 2 nitrogen and oxygen atoms in total. The van der Waals surface area contributed by atoms with Gasteiger partial charge in [0.1, 0.15) is 11.6 Å². The van der Waals surface area contributed by atoms with Crippen molar-refractivity contribution in [1.82, 2.24) is 0 Å². The molecule has 1 aromatic rings. The Bertz CT molecular complexity index is 795. The van der Waals surface area contributed by atoms with Crippen molar-refractivity contribution in [3.8, 4) is 5.75 Å². The molecule has 26 heavy (non-hydrogen) atoms. The first-order valence-corrected chi connectivity index (χ1v) is 10.4. The van der Waals surface area contributed by atoms with Gasteiger partial charge in [0.25, 0.3) is 0 Å². The fraction of sp³-hybridized carbons (Fsp3) is 0.565. The van der Waals surface area contributed by atoms with E-state index >= 15 is 0 Å². The standard InChI is InChI=1S/C23H28FNO/c1-15-12-20(24)21(13-22(15)26-18-7-3-4-8-18)25-14-17-6-2-5-9-19(17)23(25)16-10-11-16/h12-13,18H,2-11,14H2,1H3. The van der Waals surface area contributed by atoms with E-state index in [1.54, 1.807) is 11.6 Å². The molecule has 0 saturated heterocycles. The van der Waals surface area contributed by atoms with E-state index in [1.165, 1.54) is 68.2 Å². The van der Waals surface area contributed by atoms with Crippen LogP contribution in [0.25, 0.3) is 0 Å². The normalized spacial score (nSPS) is 23.1. The molecule has 0 bridgehead atoms. The highest BCUT2D eigenvalue weighted by Crippen LogP contribution is 2.48. The van der Waals surface area contributed by atoms with E-state index in [2.05, 4.69) is 4.90 Å². The Morgan fingerprint density at radius 3 is 2.50 bits per heavy atom. The summed E-state index contributed by atoms with van der Waals surface area (Å²) in [6.07, 6.45) is 12.3. The van der Waals surface area contributed by atoms with E-state index in [4.69, 9.17) is 4.74 Å². The summed E-state index contributed by atoms with van der Waals surface area (Å²) in [4.78, 5) is 2.26. The van der Waals surface area contributed by atoms with Gasteiger partial charge in [-0.05, 0) is 99.5 Å². The van der Waals surface area contributed by atoms with E-state index in [0.717, 1.165) is 30.7 Å². The minimum absolute atomic E-state index is 0.111. The van der Waals surface area contributed by atoms with Gasteiger partial charge in [0.15, 0.2) is 0 Å². The van der Waals surface area contributed by atoms with Crippen LogP contribution in [-0.4, -0.2) is 12.6 Å². The first-order chi connectivity index (χ1) is 12.7. The summed E-state index contributed by atoms with van der Waals surface area (Å²) in [7, 11) is 0. The van der Waals surface area contributed by atoms with Gasteiger partial charge in [0, 0.05) is 18.3 Å². The van der Waals surface area contributed by atoms with Gasteiger partial charge in [-0.3, -0.25) is 0 Å². The monoisotopic (exact) mass is 353 g/mol. The minimum atomic E-state index is -0.111. The number of benzene rings is 1. The van der Waals surface area contributed by atoms with Gasteiger partial charge in [-0.15, -0.1) is 0 Å². The van der Waals surface area contributed by atoms with Crippen LogP contribution in [0.3, 0.4) is 0 Å². The second kappa shape index (κ2) is 6.44. The quantitative estimate of drug-likeness (QED) is 0.642. The fourth-order valence-corrected chi connectivity index (χ4v) is 4.93. The molecule has 0 spiro atoms. The number of aryl methyl sites for hydroxylation is 1. The Morgan fingerprint density at radius 2 is 1.73 bits per heavy atom. The number of allylic oxidation sites excluding steroid dienone is 2. The molecule has 1 aliphatic heterocycles. The average Bonchev–Trinajstić information content (AvgIpc) is 3.20. The van der Waals surface area contributed by atoms with E-state index in [1.807, 2.05) is 13.0 Å². The molecule has 0 unspecified atom stereocenters. The van der Waals surface area contributed by atoms with Gasteiger partial charge in [0.2, 0.25) is 0 Å². The number of ether oxygens (including phenoxy) is 1. The molecule has 3 heteroatoms. The van der Waals surface area contributed by atoms with Crippen LogP contribution >= 0.6 is 0 Å². The average molecular weight is 353 g/mol. The largest absolute Gasteiger partial charge is 0.490 e. The Balaban J connectivity index is 1.50. The van der Waals surface area contributed by atoms with Crippen LogP contribution in [0.5, 0.6) is 5.75 Å². The third-order valence-electron chi connectivity index (χ3n) is 6.45. The fourth-order valence-electron chi connectivity index (χ4n) is 4.93. The van der Waals surface area contributed by atoms with Crippen molar-refractivity contribution >= 4 is 5.69 Å². The predicted octanol–water partition coefficient (Wildman–Crippen LogP) is 6.19. The maximum absolute atomic E-state index is 15.0. The van der Waals surface area contributed by atoms with E-state index in [0.29, 0.717) is 11.8 Å². The highest BCUT2D eigenvalue weighted by Gasteiger charge is 2.35. The van der Waals surface area contributed by atoms with Crippen molar-refractivity contribution in [2.24, 2.45) is 0 Å². The summed E-state index contributed by atoms with van der Waals surface area (Å²) in [5, 5.41) is 0. The minimum Gasteiger partial charge on any atom is -0.490 e. The number of anilines is 1. The number of hydrogen-bond donors (Lipinski definition) is 0. The Hall–Kier alpha value is -1.77. The molecule has 0 N–H and O–H groups in total. The second-order valence-electron chi connectivity index (χ2n) is 8.42. The maximum Gasteiger partial charge on any atom is 0.147 e. The third-order valence-corrected chi connectivity index (χ3v) is 6.45. The van der Waals surface area contributed by atoms with Gasteiger partial charge in [-0.2, -0.15) is 0 Å². The number of hydrogen-bond acceptors (Lipinski definition) is 2. The molecule has 138 valence electrons. The molecular formula is C23H28FNO. The lowest BCUT2D eigenvalue weighted by molar-refractivity contribution is 0.208. The molecule has 2 fully saturated rings. The molecule has 0 atom stereocenters. The summed E-state index contributed by atoms with van der Waals surface area (Å²) >= 11 is 0. The van der Waals surface area contributed by atoms with Crippen molar-refractivity contribution in [1.29, 1.82) is 0 Å². The van der Waals surface area contributed by atoms with Crippen LogP contribution in [0, 0.1) is 12.7 Å². The van der Waals surface area contributed by atoms with Crippen LogP contribution in [0.2, 0.25) is 0 Å². The second-order valence-corrected chi connectivity index (χ2v) is 8.42. The predicted molar refractivity (Wildman–Crippen MR) is 103 cm³/mol. The van der Waals surface area contributed by atoms with Crippen molar-refractivity contribution in [3.63, 3.8) is 0 Å². The third kappa shape index (κ3) is 2.86. The van der Waals surface area contributed by atoms with E-state index in [-0.39, 0.29) is 5.82 Å². The molecule has 1 heterocycles. The van der Waals surface area contributed by atoms with Crippen LogP contribution < -0.4 is 9.64 Å². The van der Waals surface area contributed by atoms with Crippen LogP contribution in [0.4, 0.5) is 10.1 Å². The summed E-state index contributed by atoms with van der Waals surface area (Å²) in [5.41, 5.74) is 7.58. The lowest BCUT2D eigenvalue weighted by Gasteiger charge is -2.25. The molecule has 0 aromatic heterocycles. The topological polar surface area (TPSA) is 12.5 Å². The zero-order valence-corrected chi connectivity index (χ0v) is 15.7. The highest BCUT2D eigenvalue weighted by atomic mass is 19.1. The van der Waals surface area contributed by atoms with E-state index < -0.39 is 0 Å². The van der Waals surface area contributed by atoms with Crippen LogP contribution in [-0.2, 0) is 0 Å². The number of nitrogens with zero attached hydrogens (tertiary/aromatic N) is 1. The molecule has 3 aliphatic carbocycles. The van der Waals surface area contributed by atoms with Gasteiger partial charge < -0.3 is 9.64 Å². The lowest BCUT2D eigenvalue weighted by atomic mass is 9.92. The zero-order valence-electron chi connectivity index (χ0n) is 15.7. The first kappa shape index (κ1) is 16.4. The molecule has 5 rings (SSSR count). The summed E-state index contributed by atoms with van der Waals surface area (Å²) in [5.74, 6) is 0.762. The van der Waals surface area contributed by atoms with Gasteiger partial charge in [-0.1, -0.05) is 0 Å². The molecule has 2 saturated carbocycles. The molecule has 0 amide bonds. The van der Waals surface area contributed by atoms with Crippen LogP contribution in [0.15, 0.2) is 34.5 Å². The summed E-state index contributed by atoms with van der Waals surface area (Å²) in [6, 6.07) is 3.65. The number of halogens is 1. The smallest absolute Gasteiger partial charge is 0.147 e. The van der Waals surface area contributed by atoms with Crippen molar-refractivity contribution < 1.29 is 9.13 Å². The van der Waals surface area contributed by atoms with Crippen molar-refractivity contribution in [2.75, 3.05) is 11.4 Å². The molecular weight excluding hydrogens is 325 g/mol. The van der Waals surface area contributed by atoms with Gasteiger partial charge >= 0.3 is 0 Å². The van der Waals surface area contributed by atoms with Crippen molar-refractivity contribution in [2.45, 2.75) is 77.2 Å². The maximum atomic E-state index is 15.0. The lowest BCUT2D eigenvalue weighted by Crippen LogP contribution is -2.21. The zero-order chi connectivity index (χ0) is 17.7. The van der Waals surface area contributed by atoms with Crippen molar-refractivity contribution in [3.05, 3.63) is 45.9 Å². The summed E-state index contributed by atoms with van der Waals surface area (Å²) in [6.45, 7) is 2.84. The van der Waals surface area contributed by atoms with Crippen LogP contribution in [0.1, 0.15) is 69.8 Å². The molecule has 4 aliphatic rings. The Labute approximate surface area is 155 Å². The molecule has 0 radical (unpaired) electrons. The highest BCUT2D eigenvalue weighted by molar-refractivity contribution is 5.68. The SMILES string of the molecule is Cc1cc(F)c(N2CC3=C(CCCC3)C2=C2CC2)cc1OC1CCCC1. The number of rotatable bonds is 3.